The Morgan fingerprint density at radius 2 is 2.00 bits per heavy atom. The molecule has 0 aliphatic carbocycles. The van der Waals surface area contributed by atoms with Crippen LogP contribution in [0, 0.1) is 0 Å². The highest BCUT2D eigenvalue weighted by atomic mass is 32.9. The third-order valence-corrected chi connectivity index (χ3v) is 7.99. The summed E-state index contributed by atoms with van der Waals surface area (Å²) in [5.41, 5.74) is -2.37. The molecule has 1 saturated heterocycles. The van der Waals surface area contributed by atoms with Crippen molar-refractivity contribution in [3.8, 4) is 0 Å². The summed E-state index contributed by atoms with van der Waals surface area (Å²) in [6.45, 7) is 1.58. The molecule has 1 amide bonds. The van der Waals surface area contributed by atoms with Gasteiger partial charge in [0.05, 0.1) is 25.5 Å². The van der Waals surface area contributed by atoms with Crippen molar-refractivity contribution >= 4 is 34.8 Å². The van der Waals surface area contributed by atoms with Gasteiger partial charge in [-0.05, 0) is 11.8 Å². The Balaban J connectivity index is 2.33. The van der Waals surface area contributed by atoms with Crippen LogP contribution in [0.5, 0.6) is 0 Å². The highest BCUT2D eigenvalue weighted by Gasteiger charge is 2.23. The molecule has 0 atom stereocenters. The molecular formula is C9H18NO5PS2. The minimum absolute atomic E-state index is 0.0533. The van der Waals surface area contributed by atoms with E-state index in [4.69, 9.17) is 30.3 Å². The Hall–Kier alpha value is 0.310. The van der Waals surface area contributed by atoms with Crippen LogP contribution in [0.25, 0.3) is 0 Å². The number of amides is 1. The van der Waals surface area contributed by atoms with E-state index in [0.717, 1.165) is 0 Å². The zero-order chi connectivity index (χ0) is 13.6. The summed E-state index contributed by atoms with van der Waals surface area (Å²) in [6.07, 6.45) is -0.322. The van der Waals surface area contributed by atoms with E-state index in [-0.39, 0.29) is 18.0 Å². The van der Waals surface area contributed by atoms with Crippen LogP contribution in [0.15, 0.2) is 0 Å². The lowest BCUT2D eigenvalue weighted by atomic mass is 10.5. The van der Waals surface area contributed by atoms with Gasteiger partial charge in [-0.25, -0.2) is 0 Å². The zero-order valence-electron chi connectivity index (χ0n) is 10.7. The Kier molecular flexibility index (Phi) is 7.08. The van der Waals surface area contributed by atoms with Crippen LogP contribution in [0.2, 0.25) is 0 Å². The Labute approximate surface area is 116 Å². The smallest absolute Gasteiger partial charge is 0.247 e. The number of likely N-dealkylation sites (N-methyl/N-ethyl adjacent to an activating group) is 1. The average molecular weight is 315 g/mol. The molecule has 0 unspecified atom stereocenters. The monoisotopic (exact) mass is 315 g/mol. The molecule has 1 rings (SSSR count). The molecule has 1 fully saturated rings. The van der Waals surface area contributed by atoms with E-state index in [9.17, 15) is 4.79 Å². The second kappa shape index (κ2) is 7.79. The van der Waals surface area contributed by atoms with Gasteiger partial charge in [0.25, 0.3) is 0 Å². The lowest BCUT2D eigenvalue weighted by molar-refractivity contribution is -0.132. The van der Waals surface area contributed by atoms with Crippen LogP contribution in [-0.2, 0) is 35.1 Å². The molecule has 0 saturated carbocycles. The van der Waals surface area contributed by atoms with Crippen molar-refractivity contribution in [3.63, 3.8) is 0 Å². The molecule has 6 nitrogen and oxygen atoms in total. The molecule has 0 bridgehead atoms. The SMILES string of the molecule is COP(=S)(OC)SCC(=O)N(C)CC1OCCO1. The first-order valence-corrected chi connectivity index (χ1v) is 9.57. The van der Waals surface area contributed by atoms with Crippen molar-refractivity contribution in [2.24, 2.45) is 0 Å². The minimum Gasteiger partial charge on any atom is -0.348 e. The standard InChI is InChI=1S/C9H18NO5PS2/c1-10(6-9-14-4-5-15-9)8(11)7-18-16(17,12-2)13-3/h9H,4-7H2,1-3H3. The predicted octanol–water partition coefficient (Wildman–Crippen LogP) is 1.07. The maximum absolute atomic E-state index is 11.9. The van der Waals surface area contributed by atoms with Crippen molar-refractivity contribution in [1.82, 2.24) is 4.90 Å². The van der Waals surface area contributed by atoms with Gasteiger partial charge in [0, 0.05) is 21.3 Å². The first-order valence-electron chi connectivity index (χ1n) is 5.34. The van der Waals surface area contributed by atoms with E-state index in [2.05, 4.69) is 0 Å². The lowest BCUT2D eigenvalue weighted by Crippen LogP contribution is -2.35. The summed E-state index contributed by atoms with van der Waals surface area (Å²) < 4.78 is 20.7. The third-order valence-electron chi connectivity index (χ3n) is 2.33. The van der Waals surface area contributed by atoms with Crippen LogP contribution in [0.3, 0.4) is 0 Å². The third kappa shape index (κ3) is 5.13. The predicted molar refractivity (Wildman–Crippen MR) is 74.1 cm³/mol. The molecule has 1 heterocycles. The number of carbonyl (C=O) groups is 1. The van der Waals surface area contributed by atoms with Crippen molar-refractivity contribution in [1.29, 1.82) is 0 Å². The summed E-state index contributed by atoms with van der Waals surface area (Å²) in [5, 5.41) is 0. The maximum Gasteiger partial charge on any atom is 0.247 e. The molecule has 0 N–H and O–H groups in total. The van der Waals surface area contributed by atoms with Gasteiger partial charge >= 0.3 is 0 Å². The molecule has 9 heteroatoms. The van der Waals surface area contributed by atoms with E-state index >= 15 is 0 Å². The van der Waals surface area contributed by atoms with E-state index in [1.54, 1.807) is 11.9 Å². The number of ether oxygens (including phenoxy) is 2. The highest BCUT2D eigenvalue weighted by Crippen LogP contribution is 2.59. The van der Waals surface area contributed by atoms with E-state index in [1.807, 2.05) is 0 Å². The maximum atomic E-state index is 11.9. The summed E-state index contributed by atoms with van der Waals surface area (Å²) in [6, 6.07) is 0. The first kappa shape index (κ1) is 16.4. The Morgan fingerprint density at radius 3 is 2.50 bits per heavy atom. The number of hydrogen-bond donors (Lipinski definition) is 0. The number of carbonyl (C=O) groups excluding carboxylic acids is 1. The van der Waals surface area contributed by atoms with Gasteiger partial charge in [-0.15, -0.1) is 0 Å². The Bertz CT molecular complexity index is 316. The molecule has 0 aromatic rings. The largest absolute Gasteiger partial charge is 0.348 e. The van der Waals surface area contributed by atoms with Gasteiger partial charge in [0.1, 0.15) is 0 Å². The van der Waals surface area contributed by atoms with Gasteiger partial charge < -0.3 is 23.4 Å². The van der Waals surface area contributed by atoms with Crippen LogP contribution >= 0.6 is 17.1 Å². The summed E-state index contributed by atoms with van der Waals surface area (Å²) in [5.74, 6) is 0.171. The van der Waals surface area contributed by atoms with Gasteiger partial charge in [0.2, 0.25) is 11.6 Å². The van der Waals surface area contributed by atoms with Gasteiger partial charge in [0.15, 0.2) is 6.29 Å². The molecular weight excluding hydrogens is 297 g/mol. The molecule has 0 aromatic carbocycles. The quantitative estimate of drug-likeness (QED) is 0.651. The Morgan fingerprint density at radius 1 is 1.44 bits per heavy atom. The van der Waals surface area contributed by atoms with Crippen molar-refractivity contribution in [2.45, 2.75) is 6.29 Å². The van der Waals surface area contributed by atoms with E-state index < -0.39 is 5.69 Å². The molecule has 18 heavy (non-hydrogen) atoms. The summed E-state index contributed by atoms with van der Waals surface area (Å²) >= 11 is 6.39. The van der Waals surface area contributed by atoms with Crippen LogP contribution in [0.1, 0.15) is 0 Å². The van der Waals surface area contributed by atoms with E-state index in [1.165, 1.54) is 25.6 Å². The van der Waals surface area contributed by atoms with Crippen molar-refractivity contribution in [2.75, 3.05) is 46.8 Å². The average Bonchev–Trinajstić information content (AvgIpc) is 2.88. The number of hydrogen-bond acceptors (Lipinski definition) is 7. The van der Waals surface area contributed by atoms with Crippen molar-refractivity contribution in [3.05, 3.63) is 0 Å². The molecule has 1 aliphatic heterocycles. The topological polar surface area (TPSA) is 57.2 Å². The molecule has 0 aromatic heterocycles. The van der Waals surface area contributed by atoms with Crippen molar-refractivity contribution < 1.29 is 23.3 Å². The van der Waals surface area contributed by atoms with Crippen LogP contribution < -0.4 is 0 Å². The zero-order valence-corrected chi connectivity index (χ0v) is 13.2. The first-order chi connectivity index (χ1) is 8.50. The normalized spacial score (nSPS) is 17.1. The minimum atomic E-state index is -2.37. The molecule has 0 radical (unpaired) electrons. The van der Waals surface area contributed by atoms with Gasteiger partial charge in [-0.3, -0.25) is 4.79 Å². The fourth-order valence-electron chi connectivity index (χ4n) is 1.26. The van der Waals surface area contributed by atoms with E-state index in [0.29, 0.717) is 19.8 Å². The van der Waals surface area contributed by atoms with Crippen LogP contribution in [-0.4, -0.2) is 63.9 Å². The summed E-state index contributed by atoms with van der Waals surface area (Å²) in [7, 11) is 4.69. The molecule has 1 aliphatic rings. The second-order valence-electron chi connectivity index (χ2n) is 3.53. The second-order valence-corrected chi connectivity index (χ2v) is 10.1. The fraction of sp³-hybridized carbons (Fsp3) is 0.889. The molecule has 0 spiro atoms. The van der Waals surface area contributed by atoms with Gasteiger partial charge in [-0.2, -0.15) is 0 Å². The molecule has 106 valence electrons. The summed E-state index contributed by atoms with van der Waals surface area (Å²) in [4.78, 5) is 13.4. The number of rotatable bonds is 7. The van der Waals surface area contributed by atoms with Crippen LogP contribution in [0.4, 0.5) is 0 Å². The fourth-order valence-corrected chi connectivity index (χ4v) is 4.02. The lowest BCUT2D eigenvalue weighted by Gasteiger charge is -2.22. The highest BCUT2D eigenvalue weighted by molar-refractivity contribution is 8.68. The van der Waals surface area contributed by atoms with Gasteiger partial charge in [-0.1, -0.05) is 11.4 Å². The number of nitrogens with zero attached hydrogens (tertiary/aromatic N) is 1.